The standard InChI is InChI=1S/C28H37N3O5/c1-19-9-7-8-12-30(19)17-21-11-6-5-10-20(21)16-29-28(33)22-13-26(32)31(18-22)23-14-24(34-2)27(36-4)25(15-23)35-3/h5-6,10-11,14-15,19,22H,7-9,12-13,16-18H2,1-4H3,(H,29,33). The predicted molar refractivity (Wildman–Crippen MR) is 139 cm³/mol. The lowest BCUT2D eigenvalue weighted by Gasteiger charge is -2.33. The van der Waals surface area contributed by atoms with Crippen molar-refractivity contribution in [3.8, 4) is 17.2 Å². The highest BCUT2D eigenvalue weighted by atomic mass is 16.5. The van der Waals surface area contributed by atoms with Crippen LogP contribution in [0.25, 0.3) is 0 Å². The fourth-order valence-corrected chi connectivity index (χ4v) is 5.18. The predicted octanol–water partition coefficient (Wildman–Crippen LogP) is 3.76. The summed E-state index contributed by atoms with van der Waals surface area (Å²) >= 11 is 0. The highest BCUT2D eigenvalue weighted by Gasteiger charge is 2.36. The van der Waals surface area contributed by atoms with Crippen molar-refractivity contribution in [2.45, 2.75) is 51.7 Å². The molecule has 8 heteroatoms. The van der Waals surface area contributed by atoms with Crippen molar-refractivity contribution in [1.29, 1.82) is 0 Å². The average Bonchev–Trinajstić information content (AvgIpc) is 3.30. The monoisotopic (exact) mass is 495 g/mol. The SMILES string of the molecule is COc1cc(N2CC(C(=O)NCc3ccccc3CN3CCCCC3C)CC2=O)cc(OC)c1OC. The van der Waals surface area contributed by atoms with E-state index in [0.717, 1.165) is 18.7 Å². The summed E-state index contributed by atoms with van der Waals surface area (Å²) in [5.41, 5.74) is 2.98. The summed E-state index contributed by atoms with van der Waals surface area (Å²) in [5, 5.41) is 3.08. The third kappa shape index (κ3) is 5.59. The van der Waals surface area contributed by atoms with Crippen LogP contribution in [0.15, 0.2) is 36.4 Å². The van der Waals surface area contributed by atoms with Gasteiger partial charge in [0.15, 0.2) is 11.5 Å². The van der Waals surface area contributed by atoms with E-state index >= 15 is 0 Å². The summed E-state index contributed by atoms with van der Waals surface area (Å²) in [6, 6.07) is 12.3. The highest BCUT2D eigenvalue weighted by Crippen LogP contribution is 2.42. The fourth-order valence-electron chi connectivity index (χ4n) is 5.18. The average molecular weight is 496 g/mol. The molecular formula is C28H37N3O5. The molecule has 0 bridgehead atoms. The molecule has 0 radical (unpaired) electrons. The number of carbonyl (C=O) groups is 2. The third-order valence-electron chi connectivity index (χ3n) is 7.34. The minimum absolute atomic E-state index is 0.107. The van der Waals surface area contributed by atoms with Crippen LogP contribution in [0.3, 0.4) is 0 Å². The van der Waals surface area contributed by atoms with E-state index in [1.807, 2.05) is 6.07 Å². The number of methoxy groups -OCH3 is 3. The molecule has 2 aromatic rings. The van der Waals surface area contributed by atoms with Gasteiger partial charge in [0, 0.05) is 44.2 Å². The summed E-state index contributed by atoms with van der Waals surface area (Å²) < 4.78 is 16.2. The van der Waals surface area contributed by atoms with Gasteiger partial charge < -0.3 is 24.4 Å². The van der Waals surface area contributed by atoms with Crippen LogP contribution in [-0.4, -0.2) is 57.2 Å². The van der Waals surface area contributed by atoms with Crippen LogP contribution in [0.2, 0.25) is 0 Å². The zero-order valence-corrected chi connectivity index (χ0v) is 21.7. The number of piperidine rings is 1. The van der Waals surface area contributed by atoms with Gasteiger partial charge in [-0.3, -0.25) is 14.5 Å². The molecule has 0 saturated carbocycles. The van der Waals surface area contributed by atoms with E-state index in [1.165, 1.54) is 46.2 Å². The van der Waals surface area contributed by atoms with Gasteiger partial charge in [0.05, 0.1) is 32.9 Å². The van der Waals surface area contributed by atoms with E-state index in [9.17, 15) is 9.59 Å². The number of rotatable bonds is 9. The van der Waals surface area contributed by atoms with Crippen LogP contribution in [-0.2, 0) is 22.7 Å². The Morgan fingerprint density at radius 2 is 1.72 bits per heavy atom. The number of carbonyl (C=O) groups excluding carboxylic acids is 2. The first kappa shape index (κ1) is 25.8. The maximum Gasteiger partial charge on any atom is 0.227 e. The van der Waals surface area contributed by atoms with E-state index < -0.39 is 5.92 Å². The number of nitrogens with zero attached hydrogens (tertiary/aromatic N) is 2. The quantitative estimate of drug-likeness (QED) is 0.571. The number of anilines is 1. The Morgan fingerprint density at radius 1 is 1.03 bits per heavy atom. The molecule has 0 spiro atoms. The lowest BCUT2D eigenvalue weighted by atomic mass is 10.0. The number of hydrogen-bond donors (Lipinski definition) is 1. The minimum atomic E-state index is -0.425. The third-order valence-corrected chi connectivity index (χ3v) is 7.34. The van der Waals surface area contributed by atoms with E-state index in [2.05, 4.69) is 35.3 Å². The van der Waals surface area contributed by atoms with Gasteiger partial charge >= 0.3 is 0 Å². The maximum absolute atomic E-state index is 13.1. The Balaban J connectivity index is 1.41. The van der Waals surface area contributed by atoms with E-state index in [0.29, 0.717) is 42.1 Å². The van der Waals surface area contributed by atoms with Crippen LogP contribution in [0.1, 0.15) is 43.7 Å². The molecule has 2 saturated heterocycles. The Bertz CT molecular complexity index is 1060. The van der Waals surface area contributed by atoms with Crippen molar-refractivity contribution in [1.82, 2.24) is 10.2 Å². The molecule has 0 aromatic heterocycles. The van der Waals surface area contributed by atoms with Crippen LogP contribution >= 0.6 is 0 Å². The topological polar surface area (TPSA) is 80.3 Å². The first-order valence-electron chi connectivity index (χ1n) is 12.6. The lowest BCUT2D eigenvalue weighted by Crippen LogP contribution is -2.37. The molecule has 2 amide bonds. The highest BCUT2D eigenvalue weighted by molar-refractivity contribution is 6.00. The Morgan fingerprint density at radius 3 is 2.36 bits per heavy atom. The number of ether oxygens (including phenoxy) is 3. The molecule has 2 heterocycles. The van der Waals surface area contributed by atoms with Crippen LogP contribution in [0, 0.1) is 5.92 Å². The van der Waals surface area contributed by atoms with Crippen LogP contribution in [0.5, 0.6) is 17.2 Å². The van der Waals surface area contributed by atoms with Gasteiger partial charge in [0.1, 0.15) is 0 Å². The Kier molecular flexibility index (Phi) is 8.36. The Hall–Kier alpha value is -3.26. The Labute approximate surface area is 213 Å². The van der Waals surface area contributed by atoms with Crippen molar-refractivity contribution in [3.63, 3.8) is 0 Å². The van der Waals surface area contributed by atoms with E-state index in [1.54, 1.807) is 17.0 Å². The second kappa shape index (κ2) is 11.6. The lowest BCUT2D eigenvalue weighted by molar-refractivity contribution is -0.126. The van der Waals surface area contributed by atoms with Gasteiger partial charge in [-0.2, -0.15) is 0 Å². The largest absolute Gasteiger partial charge is 0.493 e. The van der Waals surface area contributed by atoms with Crippen molar-refractivity contribution < 1.29 is 23.8 Å². The second-order valence-electron chi connectivity index (χ2n) is 9.59. The smallest absolute Gasteiger partial charge is 0.227 e. The number of amides is 2. The molecule has 2 atom stereocenters. The molecule has 1 N–H and O–H groups in total. The van der Waals surface area contributed by atoms with E-state index in [-0.39, 0.29) is 18.2 Å². The molecular weight excluding hydrogens is 458 g/mol. The number of benzene rings is 2. The molecule has 194 valence electrons. The van der Waals surface area contributed by atoms with Gasteiger partial charge in [0.25, 0.3) is 0 Å². The molecule has 2 fully saturated rings. The summed E-state index contributed by atoms with van der Waals surface area (Å²) in [7, 11) is 4.60. The van der Waals surface area contributed by atoms with Gasteiger partial charge in [-0.05, 0) is 37.4 Å². The van der Waals surface area contributed by atoms with Gasteiger partial charge in [-0.25, -0.2) is 0 Å². The zero-order valence-electron chi connectivity index (χ0n) is 21.7. The van der Waals surface area contributed by atoms with Gasteiger partial charge in [-0.1, -0.05) is 30.7 Å². The zero-order chi connectivity index (χ0) is 25.7. The fraction of sp³-hybridized carbons (Fsp3) is 0.500. The summed E-state index contributed by atoms with van der Waals surface area (Å²) in [5.74, 6) is 0.746. The maximum atomic E-state index is 13.1. The van der Waals surface area contributed by atoms with Gasteiger partial charge in [-0.15, -0.1) is 0 Å². The molecule has 4 rings (SSSR count). The van der Waals surface area contributed by atoms with Crippen molar-refractivity contribution >= 4 is 17.5 Å². The molecule has 8 nitrogen and oxygen atoms in total. The normalized spacial score (nSPS) is 20.3. The number of likely N-dealkylation sites (tertiary alicyclic amines) is 1. The van der Waals surface area contributed by atoms with Crippen LogP contribution in [0.4, 0.5) is 5.69 Å². The summed E-state index contributed by atoms with van der Waals surface area (Å²) in [4.78, 5) is 30.1. The first-order chi connectivity index (χ1) is 17.4. The van der Waals surface area contributed by atoms with E-state index in [4.69, 9.17) is 14.2 Å². The second-order valence-corrected chi connectivity index (χ2v) is 9.59. The first-order valence-corrected chi connectivity index (χ1v) is 12.6. The molecule has 2 aromatic carbocycles. The molecule has 36 heavy (non-hydrogen) atoms. The number of hydrogen-bond acceptors (Lipinski definition) is 6. The van der Waals surface area contributed by atoms with Crippen molar-refractivity contribution in [3.05, 3.63) is 47.5 Å². The molecule has 2 aliphatic rings. The van der Waals surface area contributed by atoms with Crippen LogP contribution < -0.4 is 24.4 Å². The minimum Gasteiger partial charge on any atom is -0.493 e. The van der Waals surface area contributed by atoms with Crippen molar-refractivity contribution in [2.24, 2.45) is 5.92 Å². The summed E-state index contributed by atoms with van der Waals surface area (Å²) in [6.07, 6.45) is 3.93. The number of nitrogens with one attached hydrogen (secondary N) is 1. The van der Waals surface area contributed by atoms with Crippen molar-refractivity contribution in [2.75, 3.05) is 39.3 Å². The van der Waals surface area contributed by atoms with Gasteiger partial charge in [0.2, 0.25) is 17.6 Å². The molecule has 0 aliphatic carbocycles. The summed E-state index contributed by atoms with van der Waals surface area (Å²) in [6.45, 7) is 5.05. The molecule has 2 aliphatic heterocycles. The molecule has 2 unspecified atom stereocenters.